The highest BCUT2D eigenvalue weighted by Gasteiger charge is 2.16. The van der Waals surface area contributed by atoms with Gasteiger partial charge in [0, 0.05) is 39.7 Å². The zero-order chi connectivity index (χ0) is 22.6. The molecule has 0 bridgehead atoms. The SMILES string of the molecule is COc1ccc(-c2csc(=NC3CCCCC3)n2N=Cc2c[nH]c3ccccc23)c(OC)c1. The predicted octanol–water partition coefficient (Wildman–Crippen LogP) is 5.83. The molecule has 0 atom stereocenters. The summed E-state index contributed by atoms with van der Waals surface area (Å²) in [6, 6.07) is 14.5. The Bertz CT molecular complexity index is 1340. The average molecular weight is 461 g/mol. The summed E-state index contributed by atoms with van der Waals surface area (Å²) in [4.78, 5) is 9.34. The number of aromatic amines is 1. The van der Waals surface area contributed by atoms with E-state index in [4.69, 9.17) is 19.6 Å². The number of nitrogens with one attached hydrogen (secondary N) is 1. The highest BCUT2D eigenvalue weighted by molar-refractivity contribution is 7.07. The molecule has 2 heterocycles. The van der Waals surface area contributed by atoms with Crippen molar-refractivity contribution < 1.29 is 9.47 Å². The third-order valence-corrected chi connectivity index (χ3v) is 7.00. The topological polar surface area (TPSA) is 63.9 Å². The summed E-state index contributed by atoms with van der Waals surface area (Å²) in [5.74, 6) is 1.50. The Hall–Kier alpha value is -3.32. The molecule has 0 saturated heterocycles. The lowest BCUT2D eigenvalue weighted by Gasteiger charge is -2.17. The van der Waals surface area contributed by atoms with Crippen molar-refractivity contribution >= 4 is 28.5 Å². The number of hydrogen-bond donors (Lipinski definition) is 1. The Morgan fingerprint density at radius 3 is 2.73 bits per heavy atom. The number of nitrogens with zero attached hydrogens (tertiary/aromatic N) is 3. The molecular formula is C26H28N4O2S. The van der Waals surface area contributed by atoms with Gasteiger partial charge in [-0.2, -0.15) is 5.10 Å². The fraction of sp³-hybridized carbons (Fsp3) is 0.308. The van der Waals surface area contributed by atoms with E-state index in [0.717, 1.165) is 56.9 Å². The van der Waals surface area contributed by atoms with Crippen LogP contribution >= 0.6 is 11.3 Å². The number of para-hydroxylation sites is 1. The molecule has 0 amide bonds. The van der Waals surface area contributed by atoms with E-state index in [1.165, 1.54) is 19.3 Å². The number of ether oxygens (including phenoxy) is 2. The molecule has 6 nitrogen and oxygen atoms in total. The number of hydrogen-bond acceptors (Lipinski definition) is 5. The van der Waals surface area contributed by atoms with Crippen LogP contribution in [0.2, 0.25) is 0 Å². The van der Waals surface area contributed by atoms with Gasteiger partial charge in [0.05, 0.1) is 32.2 Å². The normalized spacial score (nSPS) is 15.5. The molecule has 2 aromatic heterocycles. The molecule has 1 saturated carbocycles. The lowest BCUT2D eigenvalue weighted by atomic mass is 9.96. The quantitative estimate of drug-likeness (QED) is 0.368. The first-order valence-electron chi connectivity index (χ1n) is 11.3. The first-order chi connectivity index (χ1) is 16.3. The minimum absolute atomic E-state index is 0.359. The van der Waals surface area contributed by atoms with Gasteiger partial charge in [-0.05, 0) is 31.0 Å². The Morgan fingerprint density at radius 1 is 1.06 bits per heavy atom. The van der Waals surface area contributed by atoms with Crippen LogP contribution in [0.3, 0.4) is 0 Å². The monoisotopic (exact) mass is 460 g/mol. The second-order valence-electron chi connectivity index (χ2n) is 8.24. The summed E-state index contributed by atoms with van der Waals surface area (Å²) in [5, 5.41) is 8.17. The van der Waals surface area contributed by atoms with Crippen LogP contribution in [-0.2, 0) is 0 Å². The highest BCUT2D eigenvalue weighted by atomic mass is 32.1. The van der Waals surface area contributed by atoms with E-state index in [0.29, 0.717) is 6.04 Å². The Kier molecular flexibility index (Phi) is 6.30. The van der Waals surface area contributed by atoms with E-state index in [1.807, 2.05) is 47.4 Å². The van der Waals surface area contributed by atoms with Crippen LogP contribution in [0.4, 0.5) is 0 Å². The lowest BCUT2D eigenvalue weighted by molar-refractivity contribution is 0.395. The number of aromatic nitrogens is 2. The van der Waals surface area contributed by atoms with Gasteiger partial charge in [-0.15, -0.1) is 11.3 Å². The number of methoxy groups -OCH3 is 2. The maximum Gasteiger partial charge on any atom is 0.206 e. The zero-order valence-corrected chi connectivity index (χ0v) is 19.8. The van der Waals surface area contributed by atoms with Crippen molar-refractivity contribution in [3.05, 3.63) is 64.4 Å². The number of rotatable bonds is 6. The maximum absolute atomic E-state index is 5.69. The molecule has 33 heavy (non-hydrogen) atoms. The Balaban J connectivity index is 1.62. The Morgan fingerprint density at radius 2 is 1.91 bits per heavy atom. The predicted molar refractivity (Wildman–Crippen MR) is 135 cm³/mol. The fourth-order valence-corrected chi connectivity index (χ4v) is 5.28. The lowest BCUT2D eigenvalue weighted by Crippen LogP contribution is -2.19. The molecule has 1 aliphatic rings. The van der Waals surface area contributed by atoms with E-state index in [1.54, 1.807) is 25.6 Å². The van der Waals surface area contributed by atoms with Crippen LogP contribution < -0.4 is 14.3 Å². The molecule has 170 valence electrons. The van der Waals surface area contributed by atoms with Gasteiger partial charge in [0.2, 0.25) is 4.80 Å². The standard InChI is InChI=1S/C26H28N4O2S/c1-31-20-12-13-22(25(14-20)32-2)24-17-33-26(29-19-8-4-3-5-9-19)30(24)28-16-18-15-27-23-11-7-6-10-21(18)23/h6-7,10-17,19,27H,3-5,8-9H2,1-2H3. The van der Waals surface area contributed by atoms with Crippen LogP contribution in [0.15, 0.2) is 64.1 Å². The summed E-state index contributed by atoms with van der Waals surface area (Å²) < 4.78 is 13.0. The molecule has 1 N–H and O–H groups in total. The summed E-state index contributed by atoms with van der Waals surface area (Å²) in [6.45, 7) is 0. The van der Waals surface area contributed by atoms with E-state index in [-0.39, 0.29) is 0 Å². The summed E-state index contributed by atoms with van der Waals surface area (Å²) in [5.41, 5.74) is 4.04. The molecule has 0 radical (unpaired) electrons. The molecule has 1 aliphatic carbocycles. The largest absolute Gasteiger partial charge is 0.497 e. The van der Waals surface area contributed by atoms with Crippen LogP contribution in [0.25, 0.3) is 22.2 Å². The number of H-pyrrole nitrogens is 1. The maximum atomic E-state index is 5.69. The highest BCUT2D eigenvalue weighted by Crippen LogP contribution is 2.34. The second kappa shape index (κ2) is 9.67. The van der Waals surface area contributed by atoms with E-state index in [9.17, 15) is 0 Å². The third kappa shape index (κ3) is 4.46. The summed E-state index contributed by atoms with van der Waals surface area (Å²) >= 11 is 1.62. The van der Waals surface area contributed by atoms with Crippen molar-refractivity contribution in [2.75, 3.05) is 14.2 Å². The second-order valence-corrected chi connectivity index (χ2v) is 9.07. The fourth-order valence-electron chi connectivity index (χ4n) is 4.38. The first kappa shape index (κ1) is 21.5. The van der Waals surface area contributed by atoms with E-state index in [2.05, 4.69) is 22.5 Å². The molecule has 5 rings (SSSR count). The van der Waals surface area contributed by atoms with Crippen LogP contribution in [0, 0.1) is 0 Å². The third-order valence-electron chi connectivity index (χ3n) is 6.17. The van der Waals surface area contributed by atoms with Gasteiger partial charge < -0.3 is 14.5 Å². The summed E-state index contributed by atoms with van der Waals surface area (Å²) in [6.07, 6.45) is 9.99. The molecule has 2 aromatic carbocycles. The van der Waals surface area contributed by atoms with Gasteiger partial charge in [-0.25, -0.2) is 4.68 Å². The molecule has 1 fully saturated rings. The van der Waals surface area contributed by atoms with Crippen molar-refractivity contribution in [2.24, 2.45) is 10.1 Å². The van der Waals surface area contributed by atoms with Crippen molar-refractivity contribution in [1.29, 1.82) is 0 Å². The van der Waals surface area contributed by atoms with Crippen molar-refractivity contribution in [3.8, 4) is 22.8 Å². The minimum Gasteiger partial charge on any atom is -0.497 e. The smallest absolute Gasteiger partial charge is 0.206 e. The van der Waals surface area contributed by atoms with Gasteiger partial charge in [-0.1, -0.05) is 37.5 Å². The first-order valence-corrected chi connectivity index (χ1v) is 12.2. The molecule has 0 unspecified atom stereocenters. The van der Waals surface area contributed by atoms with E-state index >= 15 is 0 Å². The number of thiazole rings is 1. The molecule has 0 aliphatic heterocycles. The van der Waals surface area contributed by atoms with Crippen molar-refractivity contribution in [1.82, 2.24) is 9.66 Å². The van der Waals surface area contributed by atoms with Crippen LogP contribution in [-0.4, -0.2) is 36.1 Å². The minimum atomic E-state index is 0.359. The van der Waals surface area contributed by atoms with Crippen molar-refractivity contribution in [2.45, 2.75) is 38.1 Å². The molecule has 0 spiro atoms. The van der Waals surface area contributed by atoms with Gasteiger partial charge in [0.1, 0.15) is 11.5 Å². The Labute approximate surface area is 197 Å². The molecule has 4 aromatic rings. The zero-order valence-electron chi connectivity index (χ0n) is 19.0. The van der Waals surface area contributed by atoms with Gasteiger partial charge in [0.25, 0.3) is 0 Å². The van der Waals surface area contributed by atoms with E-state index < -0.39 is 0 Å². The molecular weight excluding hydrogens is 432 g/mol. The number of fused-ring (bicyclic) bond motifs is 1. The van der Waals surface area contributed by atoms with Crippen LogP contribution in [0.1, 0.15) is 37.7 Å². The van der Waals surface area contributed by atoms with Gasteiger partial charge >= 0.3 is 0 Å². The van der Waals surface area contributed by atoms with Crippen LogP contribution in [0.5, 0.6) is 11.5 Å². The number of benzene rings is 2. The summed E-state index contributed by atoms with van der Waals surface area (Å²) in [7, 11) is 3.34. The average Bonchev–Trinajstić information content (AvgIpc) is 3.46. The van der Waals surface area contributed by atoms with Gasteiger partial charge in [0.15, 0.2) is 0 Å². The van der Waals surface area contributed by atoms with Gasteiger partial charge in [-0.3, -0.25) is 4.99 Å². The molecule has 7 heteroatoms. The van der Waals surface area contributed by atoms with Crippen molar-refractivity contribution in [3.63, 3.8) is 0 Å².